The Morgan fingerprint density at radius 1 is 0.745 bits per heavy atom. The van der Waals surface area contributed by atoms with Crippen molar-refractivity contribution >= 4 is 31.9 Å². The number of nitrogens with zero attached hydrogens (tertiary/aromatic N) is 6. The highest BCUT2D eigenvalue weighted by Crippen LogP contribution is 2.39. The van der Waals surface area contributed by atoms with Crippen LogP contribution in [0.5, 0.6) is 0 Å². The number of rotatable bonds is 12. The molecule has 0 aliphatic carbocycles. The number of hydrogen-bond acceptors (Lipinski definition) is 11. The predicted molar refractivity (Wildman–Crippen MR) is 188 cm³/mol. The molecule has 0 radical (unpaired) electrons. The van der Waals surface area contributed by atoms with Crippen molar-refractivity contribution in [3.8, 4) is 22.5 Å². The van der Waals surface area contributed by atoms with Gasteiger partial charge in [-0.2, -0.15) is 0 Å². The summed E-state index contributed by atoms with van der Waals surface area (Å²) in [5.41, 5.74) is 2.26. The molecule has 1 aliphatic rings. The quantitative estimate of drug-likeness (QED) is 0.206. The molecular formula is C34H40F2N6O7S2. The second-order valence-corrected chi connectivity index (χ2v) is 16.8. The third kappa shape index (κ3) is 8.17. The minimum atomic E-state index is -4.42. The van der Waals surface area contributed by atoms with Crippen molar-refractivity contribution in [3.63, 3.8) is 0 Å². The van der Waals surface area contributed by atoms with Crippen molar-refractivity contribution in [1.29, 1.82) is 0 Å². The van der Waals surface area contributed by atoms with Gasteiger partial charge >= 0.3 is 0 Å². The lowest BCUT2D eigenvalue weighted by molar-refractivity contribution is -0.0449. The van der Waals surface area contributed by atoms with Gasteiger partial charge in [0.2, 0.25) is 31.9 Å². The Labute approximate surface area is 296 Å². The number of aliphatic hydroxyl groups is 1. The molecular weight excluding hydrogens is 707 g/mol. The zero-order chi connectivity index (χ0) is 37.4. The Kier molecular flexibility index (Phi) is 11.1. The second kappa shape index (κ2) is 14.8. The SMILES string of the molecule is CC(C)c1nc(N(C)S(C)(=O)=O)nc(-c2ccc(F)cc2)c1C(O)CS(=O)(=O)N(C)c1nc(-c2ccc(F)cc2)c(C2OCCO2)c(C(C)C)n1. The summed E-state index contributed by atoms with van der Waals surface area (Å²) < 4.78 is 94.3. The van der Waals surface area contributed by atoms with E-state index in [1.54, 1.807) is 13.8 Å². The summed E-state index contributed by atoms with van der Waals surface area (Å²) in [7, 11) is -5.72. The van der Waals surface area contributed by atoms with Gasteiger partial charge in [0.25, 0.3) is 0 Å². The van der Waals surface area contributed by atoms with Crippen LogP contribution in [0.4, 0.5) is 20.7 Å². The summed E-state index contributed by atoms with van der Waals surface area (Å²) in [6, 6.07) is 10.7. The first-order chi connectivity index (χ1) is 23.9. The number of hydrogen-bond donors (Lipinski definition) is 1. The van der Waals surface area contributed by atoms with Gasteiger partial charge in [-0.05, 0) is 60.4 Å². The molecule has 17 heteroatoms. The van der Waals surface area contributed by atoms with Crippen LogP contribution in [0.3, 0.4) is 0 Å². The summed E-state index contributed by atoms with van der Waals surface area (Å²) in [5, 5.41) is 11.8. The fourth-order valence-electron chi connectivity index (χ4n) is 5.52. The normalized spacial score (nSPS) is 14.7. The van der Waals surface area contributed by atoms with Crippen molar-refractivity contribution in [1.82, 2.24) is 19.9 Å². The Morgan fingerprint density at radius 3 is 1.69 bits per heavy atom. The molecule has 1 aliphatic heterocycles. The van der Waals surface area contributed by atoms with Gasteiger partial charge in [-0.25, -0.2) is 54.2 Å². The fourth-order valence-corrected chi connectivity index (χ4v) is 7.02. The highest BCUT2D eigenvalue weighted by atomic mass is 32.2. The number of aromatic nitrogens is 4. The van der Waals surface area contributed by atoms with E-state index < -0.39 is 55.7 Å². The largest absolute Gasteiger partial charge is 0.387 e. The van der Waals surface area contributed by atoms with E-state index >= 15 is 0 Å². The molecule has 2 aromatic carbocycles. The average Bonchev–Trinajstić information content (AvgIpc) is 3.61. The van der Waals surface area contributed by atoms with Gasteiger partial charge in [0.15, 0.2) is 6.29 Å². The predicted octanol–water partition coefficient (Wildman–Crippen LogP) is 5.07. The smallest absolute Gasteiger partial charge is 0.240 e. The minimum Gasteiger partial charge on any atom is -0.387 e. The molecule has 0 amide bonds. The molecule has 2 aromatic heterocycles. The standard InChI is InChI=1S/C34H40F2N6O7S2/c1-19(2)28-26(30(21-8-12-23(35)13-9-21)39-33(37-28)41(5)50(7,44)45)25(43)18-51(46,47)42(6)34-38-29(20(3)4)27(32-48-16-17-49-32)31(40-34)22-10-14-24(36)15-11-22/h8-15,19-20,25,32,43H,16-18H2,1-7H3. The summed E-state index contributed by atoms with van der Waals surface area (Å²) in [6.07, 6.45) is -1.60. The van der Waals surface area contributed by atoms with Crippen molar-refractivity contribution in [2.75, 3.05) is 47.9 Å². The number of sulfonamides is 2. The average molecular weight is 747 g/mol. The first-order valence-electron chi connectivity index (χ1n) is 16.1. The number of benzene rings is 2. The lowest BCUT2D eigenvalue weighted by atomic mass is 9.95. The van der Waals surface area contributed by atoms with Gasteiger partial charge < -0.3 is 14.6 Å². The van der Waals surface area contributed by atoms with Crippen molar-refractivity contribution < 1.29 is 40.2 Å². The molecule has 5 rings (SSSR count). The van der Waals surface area contributed by atoms with Crippen LogP contribution in [0.15, 0.2) is 48.5 Å². The van der Waals surface area contributed by atoms with Crippen LogP contribution in [0.25, 0.3) is 22.5 Å². The molecule has 13 nitrogen and oxygen atoms in total. The van der Waals surface area contributed by atoms with E-state index in [1.807, 2.05) is 13.8 Å². The molecule has 0 saturated carbocycles. The lowest BCUT2D eigenvalue weighted by Gasteiger charge is -2.26. The topological polar surface area (TPSA) is 165 Å². The molecule has 51 heavy (non-hydrogen) atoms. The second-order valence-electron chi connectivity index (χ2n) is 12.7. The summed E-state index contributed by atoms with van der Waals surface area (Å²) in [6.45, 7) is 7.88. The minimum absolute atomic E-state index is 0.0286. The molecule has 1 atom stereocenters. The lowest BCUT2D eigenvalue weighted by Crippen LogP contribution is -2.34. The Hall–Kier alpha value is -4.16. The van der Waals surface area contributed by atoms with Crippen molar-refractivity contribution in [2.24, 2.45) is 0 Å². The highest BCUT2D eigenvalue weighted by molar-refractivity contribution is 7.92. The van der Waals surface area contributed by atoms with Crippen LogP contribution in [-0.4, -0.2) is 81.2 Å². The molecule has 0 spiro atoms. The summed E-state index contributed by atoms with van der Waals surface area (Å²) >= 11 is 0. The van der Waals surface area contributed by atoms with Crippen LogP contribution in [-0.2, 0) is 29.5 Å². The van der Waals surface area contributed by atoms with E-state index in [2.05, 4.69) is 19.9 Å². The number of halogens is 2. The summed E-state index contributed by atoms with van der Waals surface area (Å²) in [4.78, 5) is 18.1. The summed E-state index contributed by atoms with van der Waals surface area (Å²) in [5.74, 6) is -3.01. The fraction of sp³-hybridized carbons (Fsp3) is 0.412. The third-order valence-electron chi connectivity index (χ3n) is 8.29. The van der Waals surface area contributed by atoms with Crippen molar-refractivity contribution in [3.05, 3.63) is 82.7 Å². The van der Waals surface area contributed by atoms with Crippen LogP contribution in [0, 0.1) is 11.6 Å². The molecule has 1 unspecified atom stereocenters. The maximum atomic E-state index is 14.1. The van der Waals surface area contributed by atoms with Crippen LogP contribution in [0.2, 0.25) is 0 Å². The highest BCUT2D eigenvalue weighted by Gasteiger charge is 2.34. The van der Waals surface area contributed by atoms with E-state index in [4.69, 9.17) is 9.47 Å². The number of ether oxygens (including phenoxy) is 2. The monoisotopic (exact) mass is 746 g/mol. The van der Waals surface area contributed by atoms with Crippen LogP contribution >= 0.6 is 0 Å². The maximum Gasteiger partial charge on any atom is 0.240 e. The Balaban J connectivity index is 1.62. The van der Waals surface area contributed by atoms with E-state index in [0.29, 0.717) is 35.6 Å². The van der Waals surface area contributed by atoms with Gasteiger partial charge in [0, 0.05) is 30.8 Å². The third-order valence-corrected chi connectivity index (χ3v) is 11.2. The zero-order valence-corrected chi connectivity index (χ0v) is 30.8. The Morgan fingerprint density at radius 2 is 1.20 bits per heavy atom. The van der Waals surface area contributed by atoms with Crippen molar-refractivity contribution in [2.45, 2.75) is 51.9 Å². The van der Waals surface area contributed by atoms with Crippen LogP contribution in [0.1, 0.15) is 74.4 Å². The molecule has 0 bridgehead atoms. The molecule has 274 valence electrons. The van der Waals surface area contributed by atoms with Gasteiger partial charge in [0.1, 0.15) is 11.6 Å². The van der Waals surface area contributed by atoms with Gasteiger partial charge in [-0.3, -0.25) is 0 Å². The maximum absolute atomic E-state index is 14.1. The Bertz CT molecular complexity index is 2110. The molecule has 3 heterocycles. The molecule has 1 fully saturated rings. The van der Waals surface area contributed by atoms with Gasteiger partial charge in [0.05, 0.1) is 59.7 Å². The van der Waals surface area contributed by atoms with E-state index in [-0.39, 0.29) is 40.5 Å². The van der Waals surface area contributed by atoms with Gasteiger partial charge in [-0.15, -0.1) is 0 Å². The number of anilines is 2. The molecule has 1 N–H and O–H groups in total. The van der Waals surface area contributed by atoms with Gasteiger partial charge in [-0.1, -0.05) is 27.7 Å². The molecule has 1 saturated heterocycles. The first kappa shape index (κ1) is 38.1. The van der Waals surface area contributed by atoms with E-state index in [0.717, 1.165) is 14.9 Å². The van der Waals surface area contributed by atoms with E-state index in [9.17, 15) is 30.7 Å². The first-order valence-corrected chi connectivity index (χ1v) is 19.5. The number of aliphatic hydroxyl groups excluding tert-OH is 1. The van der Waals surface area contributed by atoms with E-state index in [1.165, 1.54) is 62.6 Å². The zero-order valence-electron chi connectivity index (χ0n) is 29.2. The van der Waals surface area contributed by atoms with Crippen LogP contribution < -0.4 is 8.61 Å². The molecule has 4 aromatic rings.